The Labute approximate surface area is 68.3 Å². The lowest BCUT2D eigenvalue weighted by molar-refractivity contribution is 1.17. The van der Waals surface area contributed by atoms with Crippen molar-refractivity contribution in [1.82, 2.24) is 0 Å². The molecule has 0 heterocycles. The molecule has 0 radical (unpaired) electrons. The second-order valence-corrected chi connectivity index (χ2v) is 1.12. The van der Waals surface area contributed by atoms with Crippen LogP contribution in [0.4, 0.5) is 0 Å². The van der Waals surface area contributed by atoms with Crippen LogP contribution < -0.4 is 5.73 Å². The topological polar surface area (TPSA) is 26.0 Å². The average molecular weight is 149 g/mol. The third-order valence-corrected chi connectivity index (χ3v) is 0.538. The molecular formula is C9H27N. The van der Waals surface area contributed by atoms with Crippen molar-refractivity contribution < 1.29 is 0 Å². The molecule has 10 heavy (non-hydrogen) atoms. The standard InChI is InChI=1S/C5H11N.4CH4/c1-2-3-4-5-6;;;;/h3-4H,2,5-6H2,1H3;4*1H4. The molecule has 0 aliphatic rings. The highest BCUT2D eigenvalue weighted by molar-refractivity contribution is 4.80. The number of hydrogen-bond donors (Lipinski definition) is 1. The van der Waals surface area contributed by atoms with E-state index in [-0.39, 0.29) is 29.7 Å². The summed E-state index contributed by atoms with van der Waals surface area (Å²) in [6.45, 7) is 2.76. The van der Waals surface area contributed by atoms with Crippen LogP contribution in [-0.2, 0) is 0 Å². The van der Waals surface area contributed by atoms with Crippen LogP contribution in [-0.4, -0.2) is 6.54 Å². The van der Waals surface area contributed by atoms with Crippen LogP contribution in [0.1, 0.15) is 43.1 Å². The van der Waals surface area contributed by atoms with Crippen LogP contribution >= 0.6 is 0 Å². The van der Waals surface area contributed by atoms with Gasteiger partial charge in [0.15, 0.2) is 0 Å². The first kappa shape index (κ1) is 33.2. The Balaban J connectivity index is -0.0000000208. The van der Waals surface area contributed by atoms with Gasteiger partial charge in [0.05, 0.1) is 0 Å². The van der Waals surface area contributed by atoms with Gasteiger partial charge in [-0.25, -0.2) is 0 Å². The minimum atomic E-state index is 0. The maximum Gasteiger partial charge on any atom is 0.0106 e. The molecule has 0 atom stereocenters. The summed E-state index contributed by atoms with van der Waals surface area (Å²) in [5, 5.41) is 0. The number of rotatable bonds is 2. The van der Waals surface area contributed by atoms with Crippen molar-refractivity contribution in [3.63, 3.8) is 0 Å². The molecule has 0 rings (SSSR count). The Morgan fingerprint density at radius 3 is 1.50 bits per heavy atom. The van der Waals surface area contributed by atoms with Crippen LogP contribution in [0.2, 0.25) is 0 Å². The fraction of sp³-hybridized carbons (Fsp3) is 0.778. The summed E-state index contributed by atoms with van der Waals surface area (Å²) < 4.78 is 0. The Hall–Kier alpha value is -0.300. The Kier molecular flexibility index (Phi) is 125. The third-order valence-electron chi connectivity index (χ3n) is 0.538. The lowest BCUT2D eigenvalue weighted by Crippen LogP contribution is -1.91. The zero-order chi connectivity index (χ0) is 4.83. The van der Waals surface area contributed by atoms with E-state index in [4.69, 9.17) is 5.73 Å². The quantitative estimate of drug-likeness (QED) is 0.598. The van der Waals surface area contributed by atoms with Gasteiger partial charge in [0.25, 0.3) is 0 Å². The molecule has 0 fully saturated rings. The van der Waals surface area contributed by atoms with E-state index in [1.807, 2.05) is 6.08 Å². The summed E-state index contributed by atoms with van der Waals surface area (Å²) in [6, 6.07) is 0. The first-order valence-corrected chi connectivity index (χ1v) is 2.27. The van der Waals surface area contributed by atoms with E-state index in [1.165, 1.54) is 0 Å². The molecule has 1 heteroatoms. The van der Waals surface area contributed by atoms with Gasteiger partial charge in [0, 0.05) is 6.54 Å². The predicted molar refractivity (Wildman–Crippen MR) is 55.4 cm³/mol. The molecular weight excluding hydrogens is 122 g/mol. The molecule has 0 spiro atoms. The summed E-state index contributed by atoms with van der Waals surface area (Å²) in [4.78, 5) is 0. The van der Waals surface area contributed by atoms with Crippen molar-refractivity contribution in [2.45, 2.75) is 43.1 Å². The smallest absolute Gasteiger partial charge is 0.0106 e. The maximum absolute atomic E-state index is 5.13. The minimum absolute atomic E-state index is 0. The first-order valence-electron chi connectivity index (χ1n) is 2.27. The van der Waals surface area contributed by atoms with Gasteiger partial charge in [-0.1, -0.05) is 48.8 Å². The summed E-state index contributed by atoms with van der Waals surface area (Å²) in [5.74, 6) is 0. The van der Waals surface area contributed by atoms with Gasteiger partial charge in [-0.2, -0.15) is 0 Å². The van der Waals surface area contributed by atoms with E-state index in [9.17, 15) is 0 Å². The lowest BCUT2D eigenvalue weighted by Gasteiger charge is -1.73. The molecule has 0 aromatic carbocycles. The van der Waals surface area contributed by atoms with Crippen LogP contribution in [0.15, 0.2) is 12.2 Å². The predicted octanol–water partition coefficient (Wildman–Crippen LogP) is 3.46. The summed E-state index contributed by atoms with van der Waals surface area (Å²) >= 11 is 0. The summed E-state index contributed by atoms with van der Waals surface area (Å²) in [7, 11) is 0. The molecule has 2 N–H and O–H groups in total. The monoisotopic (exact) mass is 149 g/mol. The van der Waals surface area contributed by atoms with Crippen LogP contribution in [0.3, 0.4) is 0 Å². The zero-order valence-corrected chi connectivity index (χ0v) is 4.15. The molecule has 0 aromatic heterocycles. The molecule has 0 aliphatic carbocycles. The van der Waals surface area contributed by atoms with E-state index < -0.39 is 0 Å². The van der Waals surface area contributed by atoms with E-state index in [1.54, 1.807) is 0 Å². The zero-order valence-electron chi connectivity index (χ0n) is 4.15. The number of nitrogens with two attached hydrogens (primary N) is 1. The molecule has 0 aliphatic heterocycles. The molecule has 1 nitrogen and oxygen atoms in total. The fourth-order valence-corrected chi connectivity index (χ4v) is 0.263. The van der Waals surface area contributed by atoms with Crippen molar-refractivity contribution >= 4 is 0 Å². The van der Waals surface area contributed by atoms with Gasteiger partial charge in [0.2, 0.25) is 0 Å². The van der Waals surface area contributed by atoms with Crippen molar-refractivity contribution in [3.8, 4) is 0 Å². The van der Waals surface area contributed by atoms with E-state index in [0.717, 1.165) is 6.42 Å². The minimum Gasteiger partial charge on any atom is -0.327 e. The molecule has 0 aromatic rings. The second kappa shape index (κ2) is 37.7. The Morgan fingerprint density at radius 2 is 1.40 bits per heavy atom. The van der Waals surface area contributed by atoms with E-state index in [2.05, 4.69) is 13.0 Å². The molecule has 0 saturated heterocycles. The maximum atomic E-state index is 5.13. The number of allylic oxidation sites excluding steroid dienone is 1. The Morgan fingerprint density at radius 1 is 1.00 bits per heavy atom. The number of hydrogen-bond acceptors (Lipinski definition) is 1. The molecule has 0 bridgehead atoms. The van der Waals surface area contributed by atoms with Crippen LogP contribution in [0.25, 0.3) is 0 Å². The van der Waals surface area contributed by atoms with E-state index >= 15 is 0 Å². The van der Waals surface area contributed by atoms with Crippen molar-refractivity contribution in [1.29, 1.82) is 0 Å². The van der Waals surface area contributed by atoms with Gasteiger partial charge in [-0.05, 0) is 6.42 Å². The molecule has 0 amide bonds. The SMILES string of the molecule is C.C.C.C.CCC=CCN. The van der Waals surface area contributed by atoms with Gasteiger partial charge >= 0.3 is 0 Å². The third kappa shape index (κ3) is 47.4. The van der Waals surface area contributed by atoms with Gasteiger partial charge in [-0.15, -0.1) is 0 Å². The van der Waals surface area contributed by atoms with Gasteiger partial charge < -0.3 is 5.73 Å². The van der Waals surface area contributed by atoms with Crippen molar-refractivity contribution in [2.75, 3.05) is 6.54 Å². The molecule has 68 valence electrons. The second-order valence-electron chi connectivity index (χ2n) is 1.12. The Bertz CT molecular complexity index is 34.0. The first-order chi connectivity index (χ1) is 2.91. The lowest BCUT2D eigenvalue weighted by atomic mass is 10.4. The van der Waals surface area contributed by atoms with Crippen LogP contribution in [0.5, 0.6) is 0 Å². The van der Waals surface area contributed by atoms with Crippen LogP contribution in [0, 0.1) is 0 Å². The highest BCUT2D eigenvalue weighted by Gasteiger charge is 1.59. The molecule has 0 unspecified atom stereocenters. The largest absolute Gasteiger partial charge is 0.327 e. The summed E-state index contributed by atoms with van der Waals surface area (Å²) in [5.41, 5.74) is 5.13. The normalized spacial score (nSPS) is 6.20. The summed E-state index contributed by atoms with van der Waals surface area (Å²) in [6.07, 6.45) is 5.11. The van der Waals surface area contributed by atoms with E-state index in [0.29, 0.717) is 6.54 Å². The highest BCUT2D eigenvalue weighted by Crippen LogP contribution is 1.73. The van der Waals surface area contributed by atoms with Crippen molar-refractivity contribution in [2.24, 2.45) is 5.73 Å². The fourth-order valence-electron chi connectivity index (χ4n) is 0.263. The van der Waals surface area contributed by atoms with Gasteiger partial charge in [-0.3, -0.25) is 0 Å². The molecule has 0 saturated carbocycles. The van der Waals surface area contributed by atoms with Gasteiger partial charge in [0.1, 0.15) is 0 Å². The van der Waals surface area contributed by atoms with Crippen molar-refractivity contribution in [3.05, 3.63) is 12.2 Å². The average Bonchev–Trinajstić information content (AvgIpc) is 1.61. The highest BCUT2D eigenvalue weighted by atomic mass is 14.5.